The van der Waals surface area contributed by atoms with Crippen LogP contribution in [0.4, 0.5) is 0 Å². The molecule has 4 heteroatoms. The molecule has 1 N–H and O–H groups in total. The number of hydrogen-bond donors (Lipinski definition) is 1. The first-order valence-corrected chi connectivity index (χ1v) is 7.64. The van der Waals surface area contributed by atoms with Gasteiger partial charge in [-0.3, -0.25) is 4.68 Å². The Labute approximate surface area is 126 Å². The number of benzene rings is 1. The van der Waals surface area contributed by atoms with Gasteiger partial charge in [0.05, 0.1) is 5.69 Å². The molecule has 0 saturated carbocycles. The largest absolute Gasteiger partial charge is 0.487 e. The molecule has 0 fully saturated rings. The molecule has 0 spiro atoms. The standard InChI is InChI=1S/C17H23N3O/c1-12(2)20-9-8-14(19-20)11-21-15-5-6-16-13(10-15)4-7-17(16)18-3/h5-6,8-10,12,17-18H,4,7,11H2,1-3H3. The molecule has 1 heterocycles. The topological polar surface area (TPSA) is 39.1 Å². The van der Waals surface area contributed by atoms with Gasteiger partial charge in [-0.15, -0.1) is 0 Å². The Morgan fingerprint density at radius 3 is 2.95 bits per heavy atom. The number of aromatic nitrogens is 2. The van der Waals surface area contributed by atoms with E-state index >= 15 is 0 Å². The van der Waals surface area contributed by atoms with Crippen molar-refractivity contribution in [1.29, 1.82) is 0 Å². The van der Waals surface area contributed by atoms with Gasteiger partial charge in [0.15, 0.2) is 0 Å². The van der Waals surface area contributed by atoms with E-state index < -0.39 is 0 Å². The summed E-state index contributed by atoms with van der Waals surface area (Å²) in [5.74, 6) is 0.935. The van der Waals surface area contributed by atoms with Crippen molar-refractivity contribution in [2.75, 3.05) is 7.05 Å². The van der Waals surface area contributed by atoms with Crippen molar-refractivity contribution in [1.82, 2.24) is 15.1 Å². The zero-order chi connectivity index (χ0) is 14.8. The summed E-state index contributed by atoms with van der Waals surface area (Å²) in [6.45, 7) is 4.76. The molecule has 2 aromatic rings. The quantitative estimate of drug-likeness (QED) is 0.916. The van der Waals surface area contributed by atoms with Crippen LogP contribution in [0.15, 0.2) is 30.5 Å². The minimum Gasteiger partial charge on any atom is -0.487 e. The molecular weight excluding hydrogens is 262 g/mol. The summed E-state index contributed by atoms with van der Waals surface area (Å²) in [6.07, 6.45) is 4.30. The summed E-state index contributed by atoms with van der Waals surface area (Å²) in [5, 5.41) is 7.86. The molecule has 1 aromatic heterocycles. The third-order valence-corrected chi connectivity index (χ3v) is 4.12. The van der Waals surface area contributed by atoms with Gasteiger partial charge in [0.25, 0.3) is 0 Å². The van der Waals surface area contributed by atoms with Crippen LogP contribution >= 0.6 is 0 Å². The van der Waals surface area contributed by atoms with E-state index in [0.29, 0.717) is 18.7 Å². The summed E-state index contributed by atoms with van der Waals surface area (Å²) >= 11 is 0. The predicted molar refractivity (Wildman–Crippen MR) is 83.5 cm³/mol. The summed E-state index contributed by atoms with van der Waals surface area (Å²) in [4.78, 5) is 0. The van der Waals surface area contributed by atoms with Gasteiger partial charge in [0, 0.05) is 18.3 Å². The lowest BCUT2D eigenvalue weighted by Gasteiger charge is -2.11. The molecule has 1 aliphatic rings. The van der Waals surface area contributed by atoms with Crippen LogP contribution in [-0.2, 0) is 13.0 Å². The van der Waals surface area contributed by atoms with Gasteiger partial charge in [-0.05, 0) is 63.1 Å². The van der Waals surface area contributed by atoms with Crippen molar-refractivity contribution >= 4 is 0 Å². The van der Waals surface area contributed by atoms with E-state index in [1.165, 1.54) is 17.5 Å². The van der Waals surface area contributed by atoms with Gasteiger partial charge >= 0.3 is 0 Å². The van der Waals surface area contributed by atoms with Crippen LogP contribution in [0.5, 0.6) is 5.75 Å². The van der Waals surface area contributed by atoms with Crippen molar-refractivity contribution in [2.24, 2.45) is 0 Å². The Hall–Kier alpha value is -1.81. The Balaban J connectivity index is 1.66. The first-order chi connectivity index (χ1) is 10.2. The van der Waals surface area contributed by atoms with E-state index in [0.717, 1.165) is 17.9 Å². The maximum absolute atomic E-state index is 5.88. The van der Waals surface area contributed by atoms with Gasteiger partial charge in [-0.25, -0.2) is 0 Å². The first-order valence-electron chi connectivity index (χ1n) is 7.64. The maximum atomic E-state index is 5.88. The maximum Gasteiger partial charge on any atom is 0.132 e. The molecule has 112 valence electrons. The number of nitrogens with one attached hydrogen (secondary N) is 1. The van der Waals surface area contributed by atoms with Crippen LogP contribution in [-0.4, -0.2) is 16.8 Å². The number of aryl methyl sites for hydroxylation is 1. The molecule has 0 saturated heterocycles. The minimum absolute atomic E-state index is 0.386. The normalized spacial score (nSPS) is 17.2. The third-order valence-electron chi connectivity index (χ3n) is 4.12. The smallest absolute Gasteiger partial charge is 0.132 e. The average molecular weight is 285 g/mol. The van der Waals surface area contributed by atoms with Crippen LogP contribution < -0.4 is 10.1 Å². The zero-order valence-electron chi connectivity index (χ0n) is 13.0. The van der Waals surface area contributed by atoms with Crippen molar-refractivity contribution in [3.8, 4) is 5.75 Å². The fourth-order valence-electron chi connectivity index (χ4n) is 2.88. The monoisotopic (exact) mass is 285 g/mol. The second-order valence-corrected chi connectivity index (χ2v) is 5.91. The molecular formula is C17H23N3O. The highest BCUT2D eigenvalue weighted by molar-refractivity contribution is 5.40. The lowest BCUT2D eigenvalue weighted by Crippen LogP contribution is -2.12. The van der Waals surface area contributed by atoms with Crippen molar-refractivity contribution in [2.45, 2.75) is 45.4 Å². The number of rotatable bonds is 5. The van der Waals surface area contributed by atoms with Crippen LogP contribution in [0.1, 0.15) is 49.2 Å². The van der Waals surface area contributed by atoms with Gasteiger partial charge in [0.1, 0.15) is 12.4 Å². The molecule has 0 radical (unpaired) electrons. The lowest BCUT2D eigenvalue weighted by molar-refractivity contribution is 0.298. The van der Waals surface area contributed by atoms with Crippen molar-refractivity contribution in [3.63, 3.8) is 0 Å². The Kier molecular flexibility index (Phi) is 3.97. The van der Waals surface area contributed by atoms with E-state index in [1.807, 2.05) is 24.0 Å². The zero-order valence-corrected chi connectivity index (χ0v) is 13.0. The number of fused-ring (bicyclic) bond motifs is 1. The van der Waals surface area contributed by atoms with Gasteiger partial charge in [-0.2, -0.15) is 5.10 Å². The number of nitrogens with zero attached hydrogens (tertiary/aromatic N) is 2. The van der Waals surface area contributed by atoms with Crippen LogP contribution in [0.2, 0.25) is 0 Å². The predicted octanol–water partition coefficient (Wildman–Crippen LogP) is 3.25. The highest BCUT2D eigenvalue weighted by Crippen LogP contribution is 2.33. The van der Waals surface area contributed by atoms with Gasteiger partial charge in [0.2, 0.25) is 0 Å². The third kappa shape index (κ3) is 2.95. The highest BCUT2D eigenvalue weighted by Gasteiger charge is 2.21. The van der Waals surface area contributed by atoms with E-state index in [2.05, 4.69) is 42.5 Å². The van der Waals surface area contributed by atoms with E-state index in [4.69, 9.17) is 4.74 Å². The molecule has 1 aliphatic carbocycles. The molecule has 0 amide bonds. The summed E-state index contributed by atoms with van der Waals surface area (Å²) < 4.78 is 7.84. The van der Waals surface area contributed by atoms with Crippen LogP contribution in [0.25, 0.3) is 0 Å². The molecule has 0 aliphatic heterocycles. The summed E-state index contributed by atoms with van der Waals surface area (Å²) in [5.41, 5.74) is 3.78. The fraction of sp³-hybridized carbons (Fsp3) is 0.471. The lowest BCUT2D eigenvalue weighted by atomic mass is 10.1. The molecule has 1 unspecified atom stereocenters. The van der Waals surface area contributed by atoms with Crippen molar-refractivity contribution < 1.29 is 4.74 Å². The molecule has 0 bridgehead atoms. The highest BCUT2D eigenvalue weighted by atomic mass is 16.5. The van der Waals surface area contributed by atoms with Crippen molar-refractivity contribution in [3.05, 3.63) is 47.3 Å². The fourth-order valence-corrected chi connectivity index (χ4v) is 2.88. The second-order valence-electron chi connectivity index (χ2n) is 5.91. The molecule has 21 heavy (non-hydrogen) atoms. The first kappa shape index (κ1) is 14.1. The minimum atomic E-state index is 0.386. The Morgan fingerprint density at radius 1 is 1.38 bits per heavy atom. The molecule has 1 atom stereocenters. The SMILES string of the molecule is CNC1CCc2cc(OCc3ccn(C(C)C)n3)ccc21. The Morgan fingerprint density at radius 2 is 2.24 bits per heavy atom. The second kappa shape index (κ2) is 5.90. The van der Waals surface area contributed by atoms with Crippen LogP contribution in [0, 0.1) is 0 Å². The van der Waals surface area contributed by atoms with Gasteiger partial charge in [-0.1, -0.05) is 6.07 Å². The molecule has 4 nitrogen and oxygen atoms in total. The van der Waals surface area contributed by atoms with Gasteiger partial charge < -0.3 is 10.1 Å². The van der Waals surface area contributed by atoms with E-state index in [1.54, 1.807) is 0 Å². The Bertz CT molecular complexity index is 618. The van der Waals surface area contributed by atoms with E-state index in [9.17, 15) is 0 Å². The average Bonchev–Trinajstić information content (AvgIpc) is 3.11. The van der Waals surface area contributed by atoms with Crippen LogP contribution in [0.3, 0.4) is 0 Å². The molecule has 3 rings (SSSR count). The summed E-state index contributed by atoms with van der Waals surface area (Å²) in [6, 6.07) is 9.32. The molecule has 1 aromatic carbocycles. The number of ether oxygens (including phenoxy) is 1. The summed E-state index contributed by atoms with van der Waals surface area (Å²) in [7, 11) is 2.02. The van der Waals surface area contributed by atoms with E-state index in [-0.39, 0.29) is 0 Å². The number of hydrogen-bond acceptors (Lipinski definition) is 3.